The molecule has 2 N–H and O–H groups in total. The number of carbonyl (C=O) groups is 2. The van der Waals surface area contributed by atoms with E-state index in [0.717, 1.165) is 39.9 Å². The van der Waals surface area contributed by atoms with Gasteiger partial charge in [-0.1, -0.05) is 42.1 Å². The van der Waals surface area contributed by atoms with E-state index in [2.05, 4.69) is 48.7 Å². The van der Waals surface area contributed by atoms with Gasteiger partial charge in [0.05, 0.1) is 17.8 Å². The van der Waals surface area contributed by atoms with Gasteiger partial charge < -0.3 is 30.1 Å². The van der Waals surface area contributed by atoms with E-state index < -0.39 is 10.5 Å². The van der Waals surface area contributed by atoms with E-state index in [1.807, 2.05) is 37.3 Å². The van der Waals surface area contributed by atoms with Crippen molar-refractivity contribution in [1.82, 2.24) is 0 Å². The number of aliphatic hydroxyl groups excluding tert-OH is 1. The van der Waals surface area contributed by atoms with Crippen LogP contribution in [0.25, 0.3) is 16.4 Å². The number of ether oxygens (including phenoxy) is 1. The largest absolute Gasteiger partial charge is 1.00 e. The van der Waals surface area contributed by atoms with Gasteiger partial charge in [-0.3, -0.25) is 0 Å². The van der Waals surface area contributed by atoms with Crippen LogP contribution in [0.3, 0.4) is 0 Å². The third-order valence-electron chi connectivity index (χ3n) is 6.18. The molecule has 2 amide bonds. The summed E-state index contributed by atoms with van der Waals surface area (Å²) in [5, 5.41) is 15.2. The Bertz CT molecular complexity index is 1250. The molecule has 0 spiro atoms. The number of thioether (sulfide) groups is 1. The zero-order chi connectivity index (χ0) is 24.9. The number of nitrogens with one attached hydrogen (secondary N) is 1. The molecule has 1 heterocycles. The molecule has 0 aliphatic carbocycles. The number of amides is 2. The van der Waals surface area contributed by atoms with Crippen LogP contribution in [0.1, 0.15) is 27.8 Å². The molecular weight excluding hydrogens is 483 g/mol. The van der Waals surface area contributed by atoms with Crippen molar-refractivity contribution < 1.29 is 49.0 Å². The number of nitrogens with zero attached hydrogens (tertiary/aromatic N) is 1. The topological polar surface area (TPSA) is 89.7 Å². The molecule has 0 aromatic heterocycles. The predicted octanol–water partition coefficient (Wildman–Crippen LogP) is 2.94. The van der Waals surface area contributed by atoms with Crippen LogP contribution in [-0.2, 0) is 17.8 Å². The maximum atomic E-state index is 11.7. The summed E-state index contributed by atoms with van der Waals surface area (Å²) in [7, 11) is 0. The maximum absolute atomic E-state index is 11.7. The van der Waals surface area contributed by atoms with E-state index in [4.69, 9.17) is 9.84 Å². The van der Waals surface area contributed by atoms with Gasteiger partial charge in [0.15, 0.2) is 0 Å². The average molecular weight is 513 g/mol. The van der Waals surface area contributed by atoms with Gasteiger partial charge >= 0.3 is 29.6 Å². The molecule has 1 atom stereocenters. The van der Waals surface area contributed by atoms with Crippen molar-refractivity contribution in [3.63, 3.8) is 0 Å². The molecule has 6 nitrogen and oxygen atoms in total. The summed E-state index contributed by atoms with van der Waals surface area (Å²) >= 11 is 0.999. The molecule has 182 valence electrons. The first kappa shape index (κ1) is 28.3. The Labute approximate surface area is 238 Å². The first-order valence-corrected chi connectivity index (χ1v) is 12.5. The predicted molar refractivity (Wildman–Crippen MR) is 141 cm³/mol. The zero-order valence-electron chi connectivity index (χ0n) is 21.1. The van der Waals surface area contributed by atoms with Crippen LogP contribution >= 0.6 is 11.8 Å². The molecule has 3 aromatic carbocycles. The first-order valence-electron chi connectivity index (χ1n) is 11.6. The smallest absolute Gasteiger partial charge is 0.585 e. The van der Waals surface area contributed by atoms with Crippen molar-refractivity contribution in [2.75, 3.05) is 18.5 Å². The normalized spacial score (nSPS) is 14.8. The molecule has 0 bridgehead atoms. The standard InChI is InChI=1S/C28H30N2O4S.Na/c1-17-14-25(34-12-11-31)18(2)13-24(17)23-6-4-5-21(19(23)3)16-29-22-9-7-20(8-10-22)15-26-27(32)30-28(33)35-26;/h4-10,13-14,26,29,31H,11-12,15-16H2,1-3H3,(H,30,32,33);/q;+1/p-1. The summed E-state index contributed by atoms with van der Waals surface area (Å²) in [6.45, 7) is 7.20. The van der Waals surface area contributed by atoms with Gasteiger partial charge in [0.25, 0.3) is 0 Å². The van der Waals surface area contributed by atoms with E-state index in [-0.39, 0.29) is 48.7 Å². The minimum absolute atomic E-state index is 0. The molecule has 36 heavy (non-hydrogen) atoms. The molecule has 1 saturated heterocycles. The number of carbonyl (C=O) groups excluding carboxylic acids is 2. The maximum Gasteiger partial charge on any atom is 1.00 e. The Morgan fingerprint density at radius 2 is 1.75 bits per heavy atom. The van der Waals surface area contributed by atoms with Gasteiger partial charge in [-0.25, -0.2) is 0 Å². The van der Waals surface area contributed by atoms with E-state index in [1.165, 1.54) is 22.3 Å². The van der Waals surface area contributed by atoms with Gasteiger partial charge in [-0.2, -0.15) is 0 Å². The van der Waals surface area contributed by atoms with E-state index in [9.17, 15) is 9.59 Å². The molecular formula is C28H29N2NaO4S. The summed E-state index contributed by atoms with van der Waals surface area (Å²) in [6, 6.07) is 18.5. The fourth-order valence-electron chi connectivity index (χ4n) is 4.22. The van der Waals surface area contributed by atoms with Crippen LogP contribution in [0, 0.1) is 20.8 Å². The number of benzene rings is 3. The molecule has 1 aliphatic heterocycles. The average Bonchev–Trinajstić information content (AvgIpc) is 3.16. The first-order chi connectivity index (χ1) is 16.9. The molecule has 3 aromatic rings. The third kappa shape index (κ3) is 6.72. The van der Waals surface area contributed by atoms with Crippen molar-refractivity contribution >= 4 is 28.6 Å². The van der Waals surface area contributed by atoms with Crippen LogP contribution in [0.4, 0.5) is 10.5 Å². The summed E-state index contributed by atoms with van der Waals surface area (Å²) < 4.78 is 5.66. The fraction of sp³-hybridized carbons (Fsp3) is 0.286. The molecule has 1 aliphatic rings. The van der Waals surface area contributed by atoms with Crippen LogP contribution < -0.4 is 39.6 Å². The second-order valence-corrected chi connectivity index (χ2v) is 9.83. The van der Waals surface area contributed by atoms with Crippen molar-refractivity contribution in [3.8, 4) is 16.9 Å². The van der Waals surface area contributed by atoms with Crippen molar-refractivity contribution in [3.05, 3.63) is 87.7 Å². The Morgan fingerprint density at radius 1 is 1.00 bits per heavy atom. The van der Waals surface area contributed by atoms with Crippen LogP contribution in [-0.4, -0.2) is 34.7 Å². The van der Waals surface area contributed by atoms with Crippen LogP contribution in [0.15, 0.2) is 54.6 Å². The van der Waals surface area contributed by atoms with Crippen LogP contribution in [0.5, 0.6) is 5.75 Å². The summed E-state index contributed by atoms with van der Waals surface area (Å²) in [5.41, 5.74) is 8.94. The molecule has 8 heteroatoms. The number of aliphatic hydroxyl groups is 1. The van der Waals surface area contributed by atoms with E-state index in [1.54, 1.807) is 0 Å². The van der Waals surface area contributed by atoms with Gasteiger partial charge in [0, 0.05) is 12.2 Å². The van der Waals surface area contributed by atoms with Gasteiger partial charge in [-0.05, 0) is 90.4 Å². The van der Waals surface area contributed by atoms with E-state index in [0.29, 0.717) is 13.0 Å². The molecule has 0 radical (unpaired) electrons. The summed E-state index contributed by atoms with van der Waals surface area (Å²) in [5.74, 6) is 0.464. The number of hydrogen-bond donors (Lipinski definition) is 2. The van der Waals surface area contributed by atoms with E-state index >= 15 is 0 Å². The minimum Gasteiger partial charge on any atom is -0.585 e. The SMILES string of the molecule is Cc1cc(-c2cccc(CNc3ccc(CC4SC(=O)[N-]C4=O)cc3)c2C)c(C)cc1OCCO.[Na+]. The third-order valence-corrected chi connectivity index (χ3v) is 7.13. The summed E-state index contributed by atoms with van der Waals surface area (Å²) in [6.07, 6.45) is 0.503. The molecule has 1 fully saturated rings. The van der Waals surface area contributed by atoms with Crippen LogP contribution in [0.2, 0.25) is 0 Å². The Morgan fingerprint density at radius 3 is 2.42 bits per heavy atom. The summed E-state index contributed by atoms with van der Waals surface area (Å²) in [4.78, 5) is 23.0. The van der Waals surface area contributed by atoms with Gasteiger partial charge in [0.2, 0.25) is 0 Å². The number of aryl methyl sites for hydroxylation is 2. The number of anilines is 1. The molecule has 0 saturated carbocycles. The van der Waals surface area contributed by atoms with Crippen molar-refractivity contribution in [2.24, 2.45) is 0 Å². The quantitative estimate of drug-likeness (QED) is 0.429. The second kappa shape index (κ2) is 12.8. The monoisotopic (exact) mass is 512 g/mol. The number of rotatable bonds is 9. The fourth-order valence-corrected chi connectivity index (χ4v) is 5.03. The molecule has 1 unspecified atom stereocenters. The minimum atomic E-state index is -0.408. The van der Waals surface area contributed by atoms with Gasteiger partial charge in [-0.15, -0.1) is 0 Å². The Balaban J connectivity index is 0.00000361. The number of imide groups is 1. The van der Waals surface area contributed by atoms with Gasteiger partial charge in [0.1, 0.15) is 17.6 Å². The Hall–Kier alpha value is -2.29. The van der Waals surface area contributed by atoms with Crippen molar-refractivity contribution in [1.29, 1.82) is 0 Å². The Kier molecular flexibility index (Phi) is 10.0. The molecule has 4 rings (SSSR count). The van der Waals surface area contributed by atoms with Crippen molar-refractivity contribution in [2.45, 2.75) is 39.0 Å². The number of hydrogen-bond acceptors (Lipinski definition) is 6. The second-order valence-electron chi connectivity index (χ2n) is 8.67. The zero-order valence-corrected chi connectivity index (χ0v) is 23.9.